The molecule has 0 saturated heterocycles. The smallest absolute Gasteiger partial charge is 0.272 e. The Morgan fingerprint density at radius 1 is 1.12 bits per heavy atom. The molecule has 0 aliphatic carbocycles. The van der Waals surface area contributed by atoms with Gasteiger partial charge in [0.15, 0.2) is 11.5 Å². The van der Waals surface area contributed by atoms with Crippen LogP contribution in [0.5, 0.6) is 11.5 Å². The first-order chi connectivity index (χ1) is 16.5. The molecule has 1 aliphatic rings. The average molecular weight is 461 g/mol. The first-order valence-corrected chi connectivity index (χ1v) is 11.2. The Labute approximate surface area is 198 Å². The number of anilines is 1. The Morgan fingerprint density at radius 3 is 2.62 bits per heavy atom. The maximum absolute atomic E-state index is 13.0. The van der Waals surface area contributed by atoms with Gasteiger partial charge in [-0.2, -0.15) is 5.10 Å². The number of rotatable bonds is 8. The highest BCUT2D eigenvalue weighted by atomic mass is 16.5. The van der Waals surface area contributed by atoms with Crippen molar-refractivity contribution in [2.45, 2.75) is 26.3 Å². The molecule has 34 heavy (non-hydrogen) atoms. The summed E-state index contributed by atoms with van der Waals surface area (Å²) < 4.78 is 10.8. The van der Waals surface area contributed by atoms with Crippen LogP contribution in [0.3, 0.4) is 0 Å². The number of methoxy groups -OCH3 is 2. The van der Waals surface area contributed by atoms with Crippen LogP contribution < -0.4 is 14.8 Å². The maximum Gasteiger partial charge on any atom is 0.272 e. The minimum atomic E-state index is -0.247. The molecule has 176 valence electrons. The summed E-state index contributed by atoms with van der Waals surface area (Å²) in [5.41, 5.74) is 3.60. The second kappa shape index (κ2) is 10.2. The summed E-state index contributed by atoms with van der Waals surface area (Å²) in [5.74, 6) is 0.947. The predicted molar refractivity (Wildman–Crippen MR) is 130 cm³/mol. The molecular weight excluding hydrogens is 432 g/mol. The van der Waals surface area contributed by atoms with Crippen LogP contribution in [-0.2, 0) is 11.3 Å². The number of H-pyrrole nitrogens is 1. The molecule has 2 N–H and O–H groups in total. The summed E-state index contributed by atoms with van der Waals surface area (Å²) in [5, 5.41) is 9.17. The predicted octanol–water partition coefficient (Wildman–Crippen LogP) is 4.45. The van der Waals surface area contributed by atoms with Crippen LogP contribution >= 0.6 is 0 Å². The highest BCUT2D eigenvalue weighted by Gasteiger charge is 2.30. The van der Waals surface area contributed by atoms with E-state index >= 15 is 0 Å². The van der Waals surface area contributed by atoms with Gasteiger partial charge >= 0.3 is 0 Å². The number of ether oxygens (including phenoxy) is 2. The number of amides is 2. The molecule has 0 radical (unpaired) electrons. The summed E-state index contributed by atoms with van der Waals surface area (Å²) >= 11 is 0. The van der Waals surface area contributed by atoms with Crippen molar-refractivity contribution in [3.8, 4) is 11.5 Å². The average Bonchev–Trinajstić information content (AvgIpc) is 3.41. The van der Waals surface area contributed by atoms with Gasteiger partial charge in [0.05, 0.1) is 26.5 Å². The minimum absolute atomic E-state index is 0.00433. The van der Waals surface area contributed by atoms with Crippen LogP contribution in [0.25, 0.3) is 0 Å². The zero-order valence-corrected chi connectivity index (χ0v) is 19.5. The Hall–Kier alpha value is -4.07. The van der Waals surface area contributed by atoms with Gasteiger partial charge in [0, 0.05) is 29.8 Å². The van der Waals surface area contributed by atoms with Gasteiger partial charge in [0.1, 0.15) is 5.69 Å². The number of hydrogen-bond donors (Lipinski definition) is 2. The van der Waals surface area contributed by atoms with Crippen molar-refractivity contribution >= 4 is 23.2 Å². The number of carbonyl (C=O) groups excluding carboxylic acids is 2. The second-order valence-corrected chi connectivity index (χ2v) is 8.01. The van der Waals surface area contributed by atoms with Gasteiger partial charge in [-0.3, -0.25) is 9.59 Å². The number of aromatic nitrogens is 1. The van der Waals surface area contributed by atoms with E-state index in [1.54, 1.807) is 32.5 Å². The molecule has 4 rings (SSSR count). The molecule has 1 unspecified atom stereocenters. The normalized spacial score (nSPS) is 15.6. The van der Waals surface area contributed by atoms with E-state index in [4.69, 9.17) is 14.6 Å². The van der Waals surface area contributed by atoms with Crippen molar-refractivity contribution in [2.24, 2.45) is 11.0 Å². The quantitative estimate of drug-likeness (QED) is 0.519. The molecule has 1 aromatic heterocycles. The largest absolute Gasteiger partial charge is 0.493 e. The maximum atomic E-state index is 13.0. The van der Waals surface area contributed by atoms with Crippen molar-refractivity contribution in [1.82, 2.24) is 9.99 Å². The van der Waals surface area contributed by atoms with Crippen molar-refractivity contribution in [3.63, 3.8) is 0 Å². The third-order valence-electron chi connectivity index (χ3n) is 5.92. The van der Waals surface area contributed by atoms with Gasteiger partial charge in [-0.05, 0) is 48.4 Å². The first kappa shape index (κ1) is 23.1. The number of aromatic amines is 1. The molecule has 0 spiro atoms. The molecule has 1 atom stereocenters. The molecule has 2 heterocycles. The fraction of sp³-hybridized carbons (Fsp3) is 0.269. The Bertz CT molecular complexity index is 1200. The van der Waals surface area contributed by atoms with Gasteiger partial charge in [-0.15, -0.1) is 0 Å². The van der Waals surface area contributed by atoms with E-state index in [0.717, 1.165) is 23.3 Å². The van der Waals surface area contributed by atoms with E-state index in [2.05, 4.69) is 17.2 Å². The van der Waals surface area contributed by atoms with Crippen molar-refractivity contribution in [1.29, 1.82) is 0 Å². The zero-order chi connectivity index (χ0) is 24.1. The molecular formula is C26H28N4O4. The van der Waals surface area contributed by atoms with Crippen molar-refractivity contribution in [3.05, 3.63) is 77.6 Å². The summed E-state index contributed by atoms with van der Waals surface area (Å²) in [7, 11) is 3.19. The van der Waals surface area contributed by atoms with E-state index in [1.165, 1.54) is 5.01 Å². The Morgan fingerprint density at radius 2 is 1.91 bits per heavy atom. The number of hydrazone groups is 1. The van der Waals surface area contributed by atoms with E-state index in [0.29, 0.717) is 29.3 Å². The zero-order valence-electron chi connectivity index (χ0n) is 19.5. The molecule has 0 bridgehead atoms. The lowest BCUT2D eigenvalue weighted by Gasteiger charge is -2.30. The highest BCUT2D eigenvalue weighted by molar-refractivity contribution is 6.06. The molecule has 1 aliphatic heterocycles. The number of carbonyl (C=O) groups is 2. The Kier molecular flexibility index (Phi) is 6.96. The van der Waals surface area contributed by atoms with Crippen LogP contribution in [0, 0.1) is 5.92 Å². The summed E-state index contributed by atoms with van der Waals surface area (Å²) in [6.45, 7) is 2.29. The highest BCUT2D eigenvalue weighted by Crippen LogP contribution is 2.32. The van der Waals surface area contributed by atoms with Crippen LogP contribution in [0.2, 0.25) is 0 Å². The number of para-hydroxylation sites is 1. The summed E-state index contributed by atoms with van der Waals surface area (Å²) in [6.07, 6.45) is 2.85. The summed E-state index contributed by atoms with van der Waals surface area (Å²) in [6, 6.07) is 16.6. The van der Waals surface area contributed by atoms with E-state index < -0.39 is 0 Å². The number of nitrogens with zero attached hydrogens (tertiary/aromatic N) is 2. The summed E-state index contributed by atoms with van der Waals surface area (Å²) in [4.78, 5) is 28.4. The van der Waals surface area contributed by atoms with Crippen LogP contribution in [0.1, 0.15) is 41.4 Å². The van der Waals surface area contributed by atoms with Crippen molar-refractivity contribution in [2.75, 3.05) is 19.5 Å². The van der Waals surface area contributed by atoms with Gasteiger partial charge in [-0.25, -0.2) is 5.01 Å². The van der Waals surface area contributed by atoms with Gasteiger partial charge in [0.2, 0.25) is 5.91 Å². The molecule has 3 aromatic rings. The molecule has 0 fully saturated rings. The number of benzene rings is 2. The van der Waals surface area contributed by atoms with Crippen LogP contribution in [0.15, 0.2) is 65.9 Å². The monoisotopic (exact) mass is 460 g/mol. The topological polar surface area (TPSA) is 96.0 Å². The Balaban J connectivity index is 1.63. The van der Waals surface area contributed by atoms with Crippen LogP contribution in [-0.4, -0.2) is 41.7 Å². The second-order valence-electron chi connectivity index (χ2n) is 8.01. The number of nitrogens with one attached hydrogen (secondary N) is 2. The van der Waals surface area contributed by atoms with Gasteiger partial charge in [0.25, 0.3) is 5.91 Å². The standard InChI is InChI=1S/C26H28N4O4/c1-4-17-15-24(31)30(29-25(17)18-11-12-22(33-2)23(14-18)34-3)16-19-8-5-6-9-20(19)28-26(32)21-10-7-13-27-21/h5-14,17,27H,4,15-16H2,1-3H3,(H,28,32). The molecule has 2 amide bonds. The number of hydrogen-bond acceptors (Lipinski definition) is 5. The van der Waals surface area contributed by atoms with E-state index in [9.17, 15) is 9.59 Å². The fourth-order valence-electron chi connectivity index (χ4n) is 4.03. The van der Waals surface area contributed by atoms with Gasteiger partial charge in [-0.1, -0.05) is 25.1 Å². The van der Waals surface area contributed by atoms with Crippen LogP contribution in [0.4, 0.5) is 5.69 Å². The fourth-order valence-corrected chi connectivity index (χ4v) is 4.03. The lowest BCUT2D eigenvalue weighted by atomic mass is 9.89. The lowest BCUT2D eigenvalue weighted by Crippen LogP contribution is -2.37. The van der Waals surface area contributed by atoms with Gasteiger partial charge < -0.3 is 19.8 Å². The molecule has 8 nitrogen and oxygen atoms in total. The first-order valence-electron chi connectivity index (χ1n) is 11.2. The molecule has 8 heteroatoms. The lowest BCUT2D eigenvalue weighted by molar-refractivity contribution is -0.133. The third kappa shape index (κ3) is 4.80. The minimum Gasteiger partial charge on any atom is -0.493 e. The molecule has 0 saturated carbocycles. The molecule has 2 aromatic carbocycles. The van der Waals surface area contributed by atoms with E-state index in [1.807, 2.05) is 42.5 Å². The SMILES string of the molecule is CCC1CC(=O)N(Cc2ccccc2NC(=O)c2ccc[nH]2)N=C1c1ccc(OC)c(OC)c1. The third-order valence-corrected chi connectivity index (χ3v) is 5.92. The van der Waals surface area contributed by atoms with E-state index in [-0.39, 0.29) is 24.3 Å². The van der Waals surface area contributed by atoms with Crippen molar-refractivity contribution < 1.29 is 19.1 Å².